The van der Waals surface area contributed by atoms with E-state index < -0.39 is 0 Å². The molecule has 0 saturated heterocycles. The van der Waals surface area contributed by atoms with Gasteiger partial charge in [-0.2, -0.15) is 0 Å². The Morgan fingerprint density at radius 3 is 2.43 bits per heavy atom. The van der Waals surface area contributed by atoms with Crippen molar-refractivity contribution in [3.05, 3.63) is 52.8 Å². The summed E-state index contributed by atoms with van der Waals surface area (Å²) in [5.41, 5.74) is 9.85. The number of nitrogens with zero attached hydrogens (tertiary/aromatic N) is 1. The Balaban J connectivity index is 2.09. The highest BCUT2D eigenvalue weighted by Gasteiger charge is 2.10. The smallest absolute Gasteiger partial charge is 0.131 e. The van der Waals surface area contributed by atoms with Crippen LogP contribution in [0.3, 0.4) is 0 Å². The van der Waals surface area contributed by atoms with Crippen molar-refractivity contribution in [2.24, 2.45) is 5.73 Å². The van der Waals surface area contributed by atoms with Crippen molar-refractivity contribution < 1.29 is 9.47 Å². The number of pyridine rings is 1. The summed E-state index contributed by atoms with van der Waals surface area (Å²) in [5.74, 6) is 1.68. The topological polar surface area (TPSA) is 57.4 Å². The van der Waals surface area contributed by atoms with Gasteiger partial charge in [0.15, 0.2) is 0 Å². The standard InChI is InChI=1S/C17H22N2O2/c1-11-9-19-16(12(2)17(11)20-4)10-21-15-7-5-14(6-8-15)13(3)18/h5-9,13H,10,18H2,1-4H3. The molecule has 4 nitrogen and oxygen atoms in total. The second kappa shape index (κ2) is 6.59. The summed E-state index contributed by atoms with van der Waals surface area (Å²) in [6, 6.07) is 7.86. The van der Waals surface area contributed by atoms with Crippen LogP contribution in [0.1, 0.15) is 35.3 Å². The summed E-state index contributed by atoms with van der Waals surface area (Å²) in [6.07, 6.45) is 1.81. The SMILES string of the molecule is COc1c(C)cnc(COc2ccc(C(C)N)cc2)c1C. The zero-order chi connectivity index (χ0) is 15.4. The van der Waals surface area contributed by atoms with Gasteiger partial charge in [0, 0.05) is 23.4 Å². The first kappa shape index (κ1) is 15.3. The van der Waals surface area contributed by atoms with E-state index in [9.17, 15) is 0 Å². The number of nitrogens with two attached hydrogens (primary N) is 1. The van der Waals surface area contributed by atoms with Crippen molar-refractivity contribution in [1.82, 2.24) is 4.98 Å². The molecule has 1 heterocycles. The molecule has 1 aromatic carbocycles. The van der Waals surface area contributed by atoms with E-state index in [0.717, 1.165) is 33.9 Å². The Morgan fingerprint density at radius 2 is 1.86 bits per heavy atom. The highest BCUT2D eigenvalue weighted by atomic mass is 16.5. The third-order valence-electron chi connectivity index (χ3n) is 3.53. The number of ether oxygens (including phenoxy) is 2. The molecule has 1 atom stereocenters. The van der Waals surface area contributed by atoms with Gasteiger partial charge >= 0.3 is 0 Å². The first-order valence-corrected chi connectivity index (χ1v) is 7.00. The van der Waals surface area contributed by atoms with Crippen molar-refractivity contribution in [1.29, 1.82) is 0 Å². The van der Waals surface area contributed by atoms with Crippen LogP contribution in [0.15, 0.2) is 30.5 Å². The van der Waals surface area contributed by atoms with Crippen LogP contribution in [0.25, 0.3) is 0 Å². The number of hydrogen-bond acceptors (Lipinski definition) is 4. The zero-order valence-corrected chi connectivity index (χ0v) is 13.0. The molecule has 2 aromatic rings. The fourth-order valence-electron chi connectivity index (χ4n) is 2.24. The van der Waals surface area contributed by atoms with Gasteiger partial charge in [-0.05, 0) is 38.5 Å². The predicted molar refractivity (Wildman–Crippen MR) is 83.6 cm³/mol. The highest BCUT2D eigenvalue weighted by molar-refractivity contribution is 5.41. The molecule has 0 aliphatic heterocycles. The molecule has 0 aliphatic carbocycles. The summed E-state index contributed by atoms with van der Waals surface area (Å²) >= 11 is 0. The number of hydrogen-bond donors (Lipinski definition) is 1. The molecule has 0 amide bonds. The Morgan fingerprint density at radius 1 is 1.19 bits per heavy atom. The molecule has 0 fully saturated rings. The maximum absolute atomic E-state index is 5.83. The van der Waals surface area contributed by atoms with Crippen molar-refractivity contribution in [2.45, 2.75) is 33.4 Å². The Bertz CT molecular complexity index is 607. The lowest BCUT2D eigenvalue weighted by Crippen LogP contribution is -2.05. The Labute approximate surface area is 125 Å². The van der Waals surface area contributed by atoms with E-state index >= 15 is 0 Å². The van der Waals surface area contributed by atoms with E-state index in [1.54, 1.807) is 7.11 Å². The van der Waals surface area contributed by atoms with Gasteiger partial charge < -0.3 is 15.2 Å². The normalized spacial score (nSPS) is 12.0. The summed E-state index contributed by atoms with van der Waals surface area (Å²) in [4.78, 5) is 4.42. The fourth-order valence-corrected chi connectivity index (χ4v) is 2.24. The molecule has 0 radical (unpaired) electrons. The summed E-state index contributed by atoms with van der Waals surface area (Å²) < 4.78 is 11.2. The third-order valence-corrected chi connectivity index (χ3v) is 3.53. The highest BCUT2D eigenvalue weighted by Crippen LogP contribution is 2.25. The first-order valence-electron chi connectivity index (χ1n) is 7.00. The van der Waals surface area contributed by atoms with Gasteiger partial charge in [0.25, 0.3) is 0 Å². The molecule has 4 heteroatoms. The molecular formula is C17H22N2O2. The molecule has 0 bridgehead atoms. The second-order valence-electron chi connectivity index (χ2n) is 5.19. The van der Waals surface area contributed by atoms with Crippen LogP contribution < -0.4 is 15.2 Å². The van der Waals surface area contributed by atoms with Crippen LogP contribution in [-0.4, -0.2) is 12.1 Å². The molecule has 0 saturated carbocycles. The zero-order valence-electron chi connectivity index (χ0n) is 13.0. The van der Waals surface area contributed by atoms with Gasteiger partial charge in [-0.3, -0.25) is 4.98 Å². The molecule has 2 N–H and O–H groups in total. The number of benzene rings is 1. The van der Waals surface area contributed by atoms with Gasteiger partial charge in [0.05, 0.1) is 12.8 Å². The average molecular weight is 286 g/mol. The fraction of sp³-hybridized carbons (Fsp3) is 0.353. The van der Waals surface area contributed by atoms with Crippen molar-refractivity contribution in [3.63, 3.8) is 0 Å². The molecular weight excluding hydrogens is 264 g/mol. The minimum absolute atomic E-state index is 0.0318. The molecule has 112 valence electrons. The Kier molecular flexibility index (Phi) is 4.81. The van der Waals surface area contributed by atoms with Gasteiger partial charge in [0.2, 0.25) is 0 Å². The van der Waals surface area contributed by atoms with E-state index in [2.05, 4.69) is 4.98 Å². The van der Waals surface area contributed by atoms with Crippen LogP contribution in [0.4, 0.5) is 0 Å². The minimum Gasteiger partial charge on any atom is -0.496 e. The molecule has 0 spiro atoms. The van der Waals surface area contributed by atoms with Crippen LogP contribution in [0.2, 0.25) is 0 Å². The lowest BCUT2D eigenvalue weighted by atomic mass is 10.1. The van der Waals surface area contributed by atoms with E-state index in [4.69, 9.17) is 15.2 Å². The van der Waals surface area contributed by atoms with Crippen molar-refractivity contribution >= 4 is 0 Å². The summed E-state index contributed by atoms with van der Waals surface area (Å²) in [6.45, 7) is 6.36. The van der Waals surface area contributed by atoms with E-state index in [1.165, 1.54) is 0 Å². The molecule has 21 heavy (non-hydrogen) atoms. The quantitative estimate of drug-likeness (QED) is 0.916. The summed E-state index contributed by atoms with van der Waals surface area (Å²) in [5, 5.41) is 0. The van der Waals surface area contributed by atoms with Crippen LogP contribution in [-0.2, 0) is 6.61 Å². The predicted octanol–water partition coefficient (Wildman–Crippen LogP) is 3.31. The van der Waals surface area contributed by atoms with Gasteiger partial charge in [-0.1, -0.05) is 12.1 Å². The van der Waals surface area contributed by atoms with Crippen molar-refractivity contribution in [3.8, 4) is 11.5 Å². The number of methoxy groups -OCH3 is 1. The third kappa shape index (κ3) is 3.52. The lowest BCUT2D eigenvalue weighted by Gasteiger charge is -2.13. The largest absolute Gasteiger partial charge is 0.496 e. The lowest BCUT2D eigenvalue weighted by molar-refractivity contribution is 0.298. The van der Waals surface area contributed by atoms with Gasteiger partial charge in [-0.15, -0.1) is 0 Å². The number of aromatic nitrogens is 1. The van der Waals surface area contributed by atoms with Crippen molar-refractivity contribution in [2.75, 3.05) is 7.11 Å². The summed E-state index contributed by atoms with van der Waals surface area (Å²) in [7, 11) is 1.67. The monoisotopic (exact) mass is 286 g/mol. The molecule has 1 unspecified atom stereocenters. The maximum Gasteiger partial charge on any atom is 0.131 e. The minimum atomic E-state index is 0.0318. The molecule has 0 aliphatic rings. The van der Waals surface area contributed by atoms with Crippen LogP contribution in [0, 0.1) is 13.8 Å². The maximum atomic E-state index is 5.83. The average Bonchev–Trinajstić information content (AvgIpc) is 2.47. The van der Waals surface area contributed by atoms with E-state index in [0.29, 0.717) is 6.61 Å². The second-order valence-corrected chi connectivity index (χ2v) is 5.19. The van der Waals surface area contributed by atoms with Crippen LogP contribution >= 0.6 is 0 Å². The van der Waals surface area contributed by atoms with Crippen LogP contribution in [0.5, 0.6) is 11.5 Å². The number of aryl methyl sites for hydroxylation is 1. The molecule has 2 rings (SSSR count). The first-order chi connectivity index (χ1) is 10.0. The Hall–Kier alpha value is -2.07. The van der Waals surface area contributed by atoms with E-state index in [1.807, 2.05) is 51.2 Å². The number of rotatable bonds is 5. The van der Waals surface area contributed by atoms with E-state index in [-0.39, 0.29) is 6.04 Å². The molecule has 1 aromatic heterocycles. The van der Waals surface area contributed by atoms with Gasteiger partial charge in [-0.25, -0.2) is 0 Å². The van der Waals surface area contributed by atoms with Gasteiger partial charge in [0.1, 0.15) is 18.1 Å².